The molecular formula is C49H46ClFN8O5. The Morgan fingerprint density at radius 3 is 2.36 bits per heavy atom. The van der Waals surface area contributed by atoms with Crippen LogP contribution in [0.2, 0.25) is 5.02 Å². The second kappa shape index (κ2) is 15.7. The third kappa shape index (κ3) is 6.75. The molecule has 5 amide bonds. The molecule has 1 unspecified atom stereocenters. The smallest absolute Gasteiger partial charge is 0.278 e. The largest absolute Gasteiger partial charge is 0.357 e. The number of carbonyl (C=O) groups excluding carboxylic acids is 5. The lowest BCUT2D eigenvalue weighted by molar-refractivity contribution is -0.136. The predicted octanol–water partition coefficient (Wildman–Crippen LogP) is 7.36. The Morgan fingerprint density at radius 1 is 0.891 bits per heavy atom. The highest BCUT2D eigenvalue weighted by molar-refractivity contribution is 6.32. The first-order valence-corrected chi connectivity index (χ1v) is 22.3. The number of aryl methyl sites for hydroxylation is 1. The Kier molecular flexibility index (Phi) is 10.2. The Morgan fingerprint density at radius 2 is 1.66 bits per heavy atom. The van der Waals surface area contributed by atoms with E-state index in [4.69, 9.17) is 11.6 Å². The van der Waals surface area contributed by atoms with Crippen molar-refractivity contribution in [2.75, 3.05) is 42.5 Å². The summed E-state index contributed by atoms with van der Waals surface area (Å²) in [5.41, 5.74) is 5.05. The van der Waals surface area contributed by atoms with Crippen molar-refractivity contribution in [3.05, 3.63) is 106 Å². The van der Waals surface area contributed by atoms with Gasteiger partial charge in [-0.15, -0.1) is 0 Å². The third-order valence-corrected chi connectivity index (χ3v) is 14.6. The van der Waals surface area contributed by atoms with Gasteiger partial charge in [-0.1, -0.05) is 29.8 Å². The van der Waals surface area contributed by atoms with Crippen LogP contribution in [0, 0.1) is 23.2 Å². The number of hydrogen-bond acceptors (Lipinski definition) is 9. The number of carbonyl (C=O) groups is 5. The molecule has 1 N–H and O–H groups in total. The van der Waals surface area contributed by atoms with Crippen molar-refractivity contribution in [2.24, 2.45) is 13.0 Å². The highest BCUT2D eigenvalue weighted by Gasteiger charge is 2.48. The Bertz CT molecular complexity index is 2890. The molecule has 0 saturated carbocycles. The molecule has 64 heavy (non-hydrogen) atoms. The van der Waals surface area contributed by atoms with E-state index in [1.807, 2.05) is 44.2 Å². The van der Waals surface area contributed by atoms with Crippen LogP contribution in [0.4, 0.5) is 21.6 Å². The van der Waals surface area contributed by atoms with Crippen LogP contribution in [0.5, 0.6) is 0 Å². The van der Waals surface area contributed by atoms with E-state index in [1.54, 1.807) is 46.8 Å². The van der Waals surface area contributed by atoms with Crippen LogP contribution in [-0.2, 0) is 26.8 Å². The van der Waals surface area contributed by atoms with Gasteiger partial charge in [-0.25, -0.2) is 4.98 Å². The number of rotatable bonds is 7. The number of amides is 5. The van der Waals surface area contributed by atoms with E-state index >= 15 is 4.39 Å². The van der Waals surface area contributed by atoms with Gasteiger partial charge in [0.1, 0.15) is 23.6 Å². The van der Waals surface area contributed by atoms with E-state index in [0.29, 0.717) is 56.7 Å². The van der Waals surface area contributed by atoms with E-state index in [0.717, 1.165) is 74.4 Å². The summed E-state index contributed by atoms with van der Waals surface area (Å²) in [4.78, 5) is 76.9. The summed E-state index contributed by atoms with van der Waals surface area (Å²) in [7, 11) is 1.78. The third-order valence-electron chi connectivity index (χ3n) is 14.2. The molecule has 10 rings (SSSR count). The first kappa shape index (κ1) is 41.6. The van der Waals surface area contributed by atoms with Gasteiger partial charge in [0.2, 0.25) is 23.7 Å². The molecule has 3 saturated heterocycles. The zero-order chi connectivity index (χ0) is 44.8. The van der Waals surface area contributed by atoms with Crippen molar-refractivity contribution in [2.45, 2.75) is 69.7 Å². The van der Waals surface area contributed by atoms with Crippen molar-refractivity contribution in [1.82, 2.24) is 24.7 Å². The van der Waals surface area contributed by atoms with Crippen LogP contribution in [0.3, 0.4) is 0 Å². The molecule has 0 aliphatic carbocycles. The van der Waals surface area contributed by atoms with Crippen molar-refractivity contribution in [3.63, 3.8) is 0 Å². The predicted molar refractivity (Wildman–Crippen MR) is 239 cm³/mol. The van der Waals surface area contributed by atoms with Crippen LogP contribution >= 0.6 is 11.6 Å². The molecule has 326 valence electrons. The molecule has 0 radical (unpaired) electrons. The molecule has 3 aromatic carbocycles. The van der Waals surface area contributed by atoms with Crippen LogP contribution in [0.15, 0.2) is 66.7 Å². The van der Waals surface area contributed by atoms with E-state index in [9.17, 15) is 29.2 Å². The maximum absolute atomic E-state index is 15.9. The normalized spacial score (nSPS) is 20.6. The summed E-state index contributed by atoms with van der Waals surface area (Å²) in [5, 5.41) is 12.5. The standard InChI is InChI=1S/C49H46ClFN8O5/c1-49(2)35-22-30(6-10-37(35)58(48(49)64)32-7-4-31(25-52)36(50)24-32)33-9-12-40(53-44(33)51)57-20-14-27(15-21-57)26-56-18-16-28(17-19-56)29-5-8-34-39(23-29)55(3)43-42(34)46(62)59(47(43)63)38-11-13-41(60)54-45(38)61/h4-10,12,22-24,27-28,38H,11,13-21,26H2,1-3H3,(H,54,60,61). The van der Waals surface area contributed by atoms with E-state index < -0.39 is 41.0 Å². The van der Waals surface area contributed by atoms with Gasteiger partial charge in [-0.2, -0.15) is 9.65 Å². The topological polar surface area (TPSA) is 152 Å². The van der Waals surface area contributed by atoms with Gasteiger partial charge in [-0.3, -0.25) is 39.1 Å². The summed E-state index contributed by atoms with van der Waals surface area (Å²) in [6.07, 6.45) is 4.14. The quantitative estimate of drug-likeness (QED) is 0.131. The van der Waals surface area contributed by atoms with Crippen molar-refractivity contribution in [3.8, 4) is 17.2 Å². The molecule has 5 aliphatic heterocycles. The summed E-state index contributed by atoms with van der Waals surface area (Å²) in [6.45, 7) is 8.21. The number of imide groups is 2. The molecule has 5 aliphatic rings. The molecule has 0 spiro atoms. The van der Waals surface area contributed by atoms with E-state index in [1.165, 1.54) is 5.56 Å². The first-order valence-electron chi connectivity index (χ1n) is 21.9. The van der Waals surface area contributed by atoms with Crippen molar-refractivity contribution >= 4 is 69.2 Å². The second-order valence-corrected chi connectivity index (χ2v) is 18.7. The average molecular weight is 881 g/mol. The fourth-order valence-electron chi connectivity index (χ4n) is 10.6. The van der Waals surface area contributed by atoms with Gasteiger partial charge in [-0.05, 0) is 136 Å². The lowest BCUT2D eigenvalue weighted by Crippen LogP contribution is -2.54. The van der Waals surface area contributed by atoms with Gasteiger partial charge < -0.3 is 14.4 Å². The summed E-state index contributed by atoms with van der Waals surface area (Å²) in [5.74, 6) is -1.25. The number of likely N-dealkylation sites (tertiary alicyclic amines) is 1. The van der Waals surface area contributed by atoms with Crippen LogP contribution in [0.25, 0.3) is 22.0 Å². The number of piperidine rings is 3. The highest BCUT2D eigenvalue weighted by atomic mass is 35.5. The molecule has 15 heteroatoms. The number of aromatic nitrogens is 2. The van der Waals surface area contributed by atoms with E-state index in [2.05, 4.69) is 32.2 Å². The maximum atomic E-state index is 15.9. The Labute approximate surface area is 374 Å². The number of anilines is 3. The minimum absolute atomic E-state index is 0.0772. The fraction of sp³-hybridized carbons (Fsp3) is 0.367. The Hall–Kier alpha value is -6.43. The number of benzene rings is 3. The Balaban J connectivity index is 0.747. The lowest BCUT2D eigenvalue weighted by Gasteiger charge is -2.38. The molecule has 2 aromatic heterocycles. The maximum Gasteiger partial charge on any atom is 0.278 e. The minimum atomic E-state index is -0.998. The van der Waals surface area contributed by atoms with Crippen LogP contribution in [0.1, 0.15) is 95.8 Å². The van der Waals surface area contributed by atoms with Crippen molar-refractivity contribution in [1.29, 1.82) is 5.26 Å². The molecular weight excluding hydrogens is 835 g/mol. The van der Waals surface area contributed by atoms with Gasteiger partial charge in [0.25, 0.3) is 11.8 Å². The molecule has 1 atom stereocenters. The lowest BCUT2D eigenvalue weighted by atomic mass is 9.85. The second-order valence-electron chi connectivity index (χ2n) is 18.3. The number of nitriles is 1. The zero-order valence-corrected chi connectivity index (χ0v) is 36.5. The monoisotopic (exact) mass is 880 g/mol. The van der Waals surface area contributed by atoms with Crippen molar-refractivity contribution < 1.29 is 28.4 Å². The fourth-order valence-corrected chi connectivity index (χ4v) is 10.8. The number of hydrogen-bond donors (Lipinski definition) is 1. The van der Waals surface area contributed by atoms with Gasteiger partial charge in [0, 0.05) is 49.6 Å². The zero-order valence-electron chi connectivity index (χ0n) is 35.8. The number of fused-ring (bicyclic) bond motifs is 4. The first-order chi connectivity index (χ1) is 30.7. The molecule has 5 aromatic rings. The van der Waals surface area contributed by atoms with Crippen LogP contribution < -0.4 is 15.1 Å². The summed E-state index contributed by atoms with van der Waals surface area (Å²) >= 11 is 6.32. The SMILES string of the molecule is Cn1c2c(c3ccc(C4CCN(CC5CCN(c6ccc(-c7ccc8c(c7)C(C)(C)C(=O)N8c7ccc(C#N)c(Cl)c7)c(F)n6)CC5)CC4)cc31)C(=O)N(C1CCC(=O)NC1=O)C2=O. The molecule has 0 bridgehead atoms. The van der Waals surface area contributed by atoms with Gasteiger partial charge >= 0.3 is 0 Å². The molecule has 7 heterocycles. The molecule has 13 nitrogen and oxygen atoms in total. The van der Waals surface area contributed by atoms with Gasteiger partial charge in [0.15, 0.2) is 0 Å². The number of nitrogens with zero attached hydrogens (tertiary/aromatic N) is 7. The minimum Gasteiger partial charge on any atom is -0.357 e. The van der Waals surface area contributed by atoms with E-state index in [-0.39, 0.29) is 29.5 Å². The molecule has 3 fully saturated rings. The number of nitrogens with one attached hydrogen (secondary N) is 1. The summed E-state index contributed by atoms with van der Waals surface area (Å²) in [6, 6.07) is 21.2. The number of halogens is 2. The van der Waals surface area contributed by atoms with Gasteiger partial charge in [0.05, 0.1) is 32.9 Å². The average Bonchev–Trinajstić information content (AvgIpc) is 3.80. The van der Waals surface area contributed by atoms with Crippen LogP contribution in [-0.4, -0.2) is 87.7 Å². The summed E-state index contributed by atoms with van der Waals surface area (Å²) < 4.78 is 17.6. The number of pyridine rings is 1. The highest BCUT2D eigenvalue weighted by Crippen LogP contribution is 2.47.